The molecule has 1 saturated carbocycles. The van der Waals surface area contributed by atoms with Crippen LogP contribution in [-0.4, -0.2) is 78.7 Å². The maximum Gasteiger partial charge on any atom is 0.225 e. The zero-order chi connectivity index (χ0) is 24.2. The Morgan fingerprint density at radius 1 is 0.727 bits per heavy atom. The van der Waals surface area contributed by atoms with E-state index in [1.807, 2.05) is 0 Å². The summed E-state index contributed by atoms with van der Waals surface area (Å²) in [5.41, 5.74) is 0.146. The highest BCUT2D eigenvalue weighted by Crippen LogP contribution is 2.40. The van der Waals surface area contributed by atoms with Crippen molar-refractivity contribution >= 4 is 11.7 Å². The van der Waals surface area contributed by atoms with Crippen molar-refractivity contribution in [1.82, 2.24) is 14.7 Å². The SMILES string of the molecule is CC(C)(C)C(=O)C1CCCN(CCCN2CCN(C(=O)C3CCC(C(C)(C)C)CC3)CC2)C1. The summed E-state index contributed by atoms with van der Waals surface area (Å²) in [6.45, 7) is 21.2. The summed E-state index contributed by atoms with van der Waals surface area (Å²) in [6.07, 6.45) is 7.93. The fourth-order valence-electron chi connectivity index (χ4n) is 6.26. The summed E-state index contributed by atoms with van der Waals surface area (Å²) in [7, 11) is 0. The number of amides is 1. The molecule has 2 saturated heterocycles. The van der Waals surface area contributed by atoms with Gasteiger partial charge in [0.2, 0.25) is 5.91 Å². The minimum Gasteiger partial charge on any atom is -0.340 e. The van der Waals surface area contributed by atoms with Crippen molar-refractivity contribution in [3.63, 3.8) is 0 Å². The Hall–Kier alpha value is -0.940. The van der Waals surface area contributed by atoms with E-state index in [-0.39, 0.29) is 17.3 Å². The normalized spacial score (nSPS) is 28.7. The first-order valence-corrected chi connectivity index (χ1v) is 13.7. The number of likely N-dealkylation sites (tertiary alicyclic amines) is 1. The molecule has 3 aliphatic rings. The van der Waals surface area contributed by atoms with Crippen LogP contribution in [-0.2, 0) is 9.59 Å². The molecule has 1 aliphatic carbocycles. The fourth-order valence-corrected chi connectivity index (χ4v) is 6.26. The lowest BCUT2D eigenvalue weighted by Crippen LogP contribution is -2.51. The number of piperazine rings is 1. The molecule has 3 rings (SSSR count). The van der Waals surface area contributed by atoms with Crippen molar-refractivity contribution in [1.29, 1.82) is 0 Å². The molecule has 1 amide bonds. The number of piperidine rings is 1. The van der Waals surface area contributed by atoms with Gasteiger partial charge in [-0.3, -0.25) is 14.5 Å². The molecular weight excluding hydrogens is 410 g/mol. The molecule has 5 nitrogen and oxygen atoms in total. The molecular formula is C28H51N3O2. The third kappa shape index (κ3) is 7.52. The number of nitrogens with zero attached hydrogens (tertiary/aromatic N) is 3. The third-order valence-electron chi connectivity index (χ3n) is 8.55. The number of hydrogen-bond donors (Lipinski definition) is 0. The Bertz CT molecular complexity index is 647. The lowest BCUT2D eigenvalue weighted by Gasteiger charge is -2.40. The van der Waals surface area contributed by atoms with Crippen molar-refractivity contribution in [2.24, 2.45) is 28.6 Å². The first-order valence-electron chi connectivity index (χ1n) is 13.7. The van der Waals surface area contributed by atoms with Gasteiger partial charge in [-0.15, -0.1) is 0 Å². The zero-order valence-corrected chi connectivity index (χ0v) is 22.5. The minimum absolute atomic E-state index is 0.215. The predicted molar refractivity (Wildman–Crippen MR) is 136 cm³/mol. The quantitative estimate of drug-likeness (QED) is 0.575. The number of ketones is 1. The molecule has 1 unspecified atom stereocenters. The fraction of sp³-hybridized carbons (Fsp3) is 0.929. The van der Waals surface area contributed by atoms with Gasteiger partial charge in [-0.25, -0.2) is 0 Å². The van der Waals surface area contributed by atoms with Crippen LogP contribution in [0.4, 0.5) is 0 Å². The maximum atomic E-state index is 13.1. The second-order valence-electron chi connectivity index (χ2n) is 13.2. The van der Waals surface area contributed by atoms with Gasteiger partial charge < -0.3 is 9.80 Å². The van der Waals surface area contributed by atoms with E-state index in [4.69, 9.17) is 0 Å². The molecule has 0 radical (unpaired) electrons. The molecule has 0 spiro atoms. The summed E-state index contributed by atoms with van der Waals surface area (Å²) >= 11 is 0. The van der Waals surface area contributed by atoms with Gasteiger partial charge in [0.15, 0.2) is 0 Å². The highest BCUT2D eigenvalue weighted by molar-refractivity contribution is 5.86. The Labute approximate surface area is 203 Å². The van der Waals surface area contributed by atoms with Crippen molar-refractivity contribution in [2.75, 3.05) is 52.4 Å². The van der Waals surface area contributed by atoms with Crippen LogP contribution in [0.1, 0.15) is 86.5 Å². The summed E-state index contributed by atoms with van der Waals surface area (Å²) in [5, 5.41) is 0. The van der Waals surface area contributed by atoms with Crippen molar-refractivity contribution < 1.29 is 9.59 Å². The summed E-state index contributed by atoms with van der Waals surface area (Å²) < 4.78 is 0. The summed E-state index contributed by atoms with van der Waals surface area (Å²) in [4.78, 5) is 32.9. The van der Waals surface area contributed by atoms with Crippen LogP contribution < -0.4 is 0 Å². The molecule has 2 heterocycles. The van der Waals surface area contributed by atoms with E-state index in [0.29, 0.717) is 17.1 Å². The van der Waals surface area contributed by atoms with Gasteiger partial charge in [-0.1, -0.05) is 41.5 Å². The van der Waals surface area contributed by atoms with Crippen LogP contribution in [0.25, 0.3) is 0 Å². The average molecular weight is 462 g/mol. The lowest BCUT2D eigenvalue weighted by atomic mass is 9.69. The molecule has 190 valence electrons. The van der Waals surface area contributed by atoms with Crippen LogP contribution in [0, 0.1) is 28.6 Å². The van der Waals surface area contributed by atoms with Gasteiger partial charge in [0.1, 0.15) is 5.78 Å². The zero-order valence-electron chi connectivity index (χ0n) is 22.5. The number of Topliss-reactive ketones (excluding diaryl/α,β-unsaturated/α-hetero) is 1. The van der Waals surface area contributed by atoms with Gasteiger partial charge in [-0.2, -0.15) is 0 Å². The van der Waals surface area contributed by atoms with E-state index >= 15 is 0 Å². The molecule has 0 aromatic rings. The number of carbonyl (C=O) groups excluding carboxylic acids is 2. The summed E-state index contributed by atoms with van der Waals surface area (Å²) in [6, 6.07) is 0. The standard InChI is InChI=1S/C28H51N3O2/c1-27(2,3)24-12-10-22(11-13-24)26(33)31-19-17-29(18-20-31)15-8-16-30-14-7-9-23(21-30)25(32)28(4,5)6/h22-24H,7-21H2,1-6H3. The second kappa shape index (κ2) is 11.2. The lowest BCUT2D eigenvalue weighted by molar-refractivity contribution is -0.139. The third-order valence-corrected chi connectivity index (χ3v) is 8.55. The summed E-state index contributed by atoms with van der Waals surface area (Å²) in [5.74, 6) is 2.09. The Kier molecular flexibility index (Phi) is 9.05. The van der Waals surface area contributed by atoms with E-state index in [9.17, 15) is 9.59 Å². The van der Waals surface area contributed by atoms with Gasteiger partial charge in [0.25, 0.3) is 0 Å². The van der Waals surface area contributed by atoms with Crippen LogP contribution in [0.15, 0.2) is 0 Å². The minimum atomic E-state index is -0.225. The second-order valence-corrected chi connectivity index (χ2v) is 13.2. The van der Waals surface area contributed by atoms with E-state index in [1.165, 1.54) is 12.8 Å². The van der Waals surface area contributed by atoms with E-state index in [0.717, 1.165) is 90.4 Å². The van der Waals surface area contributed by atoms with Gasteiger partial charge in [0, 0.05) is 50.0 Å². The molecule has 1 atom stereocenters. The van der Waals surface area contributed by atoms with Crippen molar-refractivity contribution in [3.8, 4) is 0 Å². The largest absolute Gasteiger partial charge is 0.340 e. The topological polar surface area (TPSA) is 43.9 Å². The molecule has 0 N–H and O–H groups in total. The average Bonchev–Trinajstić information content (AvgIpc) is 2.78. The molecule has 2 aliphatic heterocycles. The Morgan fingerprint density at radius 2 is 1.33 bits per heavy atom. The first kappa shape index (κ1) is 26.7. The molecule has 0 bridgehead atoms. The molecule has 0 aromatic carbocycles. The smallest absolute Gasteiger partial charge is 0.225 e. The van der Waals surface area contributed by atoms with Crippen molar-refractivity contribution in [3.05, 3.63) is 0 Å². The van der Waals surface area contributed by atoms with Crippen molar-refractivity contribution in [2.45, 2.75) is 86.5 Å². The van der Waals surface area contributed by atoms with E-state index in [2.05, 4.69) is 56.2 Å². The van der Waals surface area contributed by atoms with Crippen LogP contribution in [0.2, 0.25) is 0 Å². The van der Waals surface area contributed by atoms with E-state index in [1.54, 1.807) is 0 Å². The van der Waals surface area contributed by atoms with Gasteiger partial charge in [-0.05, 0) is 75.9 Å². The number of hydrogen-bond acceptors (Lipinski definition) is 4. The van der Waals surface area contributed by atoms with Crippen LogP contribution in [0.5, 0.6) is 0 Å². The predicted octanol–water partition coefficient (Wildman–Crippen LogP) is 4.70. The van der Waals surface area contributed by atoms with Crippen LogP contribution in [0.3, 0.4) is 0 Å². The Balaban J connectivity index is 1.33. The molecule has 3 fully saturated rings. The molecule has 0 aromatic heterocycles. The number of rotatable bonds is 6. The van der Waals surface area contributed by atoms with E-state index < -0.39 is 0 Å². The molecule has 33 heavy (non-hydrogen) atoms. The van der Waals surface area contributed by atoms with Crippen LogP contribution >= 0.6 is 0 Å². The Morgan fingerprint density at radius 3 is 1.91 bits per heavy atom. The number of carbonyl (C=O) groups is 2. The van der Waals surface area contributed by atoms with Gasteiger partial charge in [0.05, 0.1) is 0 Å². The highest BCUT2D eigenvalue weighted by atomic mass is 16.2. The maximum absolute atomic E-state index is 13.1. The molecule has 5 heteroatoms. The monoisotopic (exact) mass is 461 g/mol. The highest BCUT2D eigenvalue weighted by Gasteiger charge is 2.35. The first-order chi connectivity index (χ1) is 15.4. The van der Waals surface area contributed by atoms with Gasteiger partial charge >= 0.3 is 0 Å².